The third-order valence-corrected chi connectivity index (χ3v) is 4.17. The monoisotopic (exact) mass is 341 g/mol. The Balaban J connectivity index is 2.01. The van der Waals surface area contributed by atoms with Crippen molar-refractivity contribution in [3.8, 4) is 28.6 Å². The molecule has 0 spiro atoms. The Kier molecular flexibility index (Phi) is 3.59. The average molecular weight is 341 g/mol. The Morgan fingerprint density at radius 2 is 2.00 bits per heavy atom. The van der Waals surface area contributed by atoms with Crippen molar-refractivity contribution in [1.29, 1.82) is 5.26 Å². The number of hydrogen-bond donors (Lipinski definition) is 1. The number of nitrogens with two attached hydrogens (primary N) is 1. The van der Waals surface area contributed by atoms with E-state index in [1.807, 2.05) is 56.6 Å². The van der Waals surface area contributed by atoms with Gasteiger partial charge in [-0.3, -0.25) is 9.67 Å². The van der Waals surface area contributed by atoms with Crippen LogP contribution in [0.4, 0.5) is 5.82 Å². The highest BCUT2D eigenvalue weighted by molar-refractivity contribution is 5.87. The van der Waals surface area contributed by atoms with Gasteiger partial charge in [-0.15, -0.1) is 0 Å². The van der Waals surface area contributed by atoms with Gasteiger partial charge in [-0.05, 0) is 25.1 Å². The number of benzene rings is 1. The summed E-state index contributed by atoms with van der Waals surface area (Å²) in [6, 6.07) is 11.7. The molecule has 4 aromatic rings. The lowest BCUT2D eigenvalue weighted by atomic mass is 10.0. The van der Waals surface area contributed by atoms with Gasteiger partial charge in [0.05, 0.1) is 16.9 Å². The highest BCUT2D eigenvalue weighted by Crippen LogP contribution is 2.33. The van der Waals surface area contributed by atoms with Crippen LogP contribution < -0.4 is 5.73 Å². The number of nitriles is 1. The molecule has 0 atom stereocenters. The van der Waals surface area contributed by atoms with Crippen molar-refractivity contribution in [3.63, 3.8) is 0 Å². The maximum Gasteiger partial charge on any atom is 0.183 e. The maximum absolute atomic E-state index is 9.32. The van der Waals surface area contributed by atoms with Crippen molar-refractivity contribution < 1.29 is 0 Å². The topological polar surface area (TPSA) is 106 Å². The fourth-order valence-corrected chi connectivity index (χ4v) is 2.97. The van der Waals surface area contributed by atoms with Crippen molar-refractivity contribution in [3.05, 3.63) is 54.1 Å². The molecular weight excluding hydrogens is 326 g/mol. The van der Waals surface area contributed by atoms with Crippen LogP contribution in [0.25, 0.3) is 33.4 Å². The molecule has 0 saturated carbocycles. The summed E-state index contributed by atoms with van der Waals surface area (Å²) in [6.07, 6.45) is 3.63. The molecule has 0 radical (unpaired) electrons. The largest absolute Gasteiger partial charge is 0.381 e. The van der Waals surface area contributed by atoms with Crippen molar-refractivity contribution in [1.82, 2.24) is 24.7 Å². The quantitative estimate of drug-likeness (QED) is 0.601. The zero-order chi connectivity index (χ0) is 18.3. The Labute approximate surface area is 149 Å². The van der Waals surface area contributed by atoms with Crippen molar-refractivity contribution in [2.24, 2.45) is 7.05 Å². The maximum atomic E-state index is 9.32. The van der Waals surface area contributed by atoms with Gasteiger partial charge < -0.3 is 5.73 Å². The first-order chi connectivity index (χ1) is 12.6. The number of nitrogen functional groups attached to an aromatic ring is 1. The fraction of sp³-hybridized carbons (Fsp3) is 0.105. The molecule has 0 bridgehead atoms. The number of fused-ring (bicyclic) bond motifs is 1. The van der Waals surface area contributed by atoms with Gasteiger partial charge in [-0.1, -0.05) is 12.1 Å². The number of pyridine rings is 1. The molecule has 0 amide bonds. The van der Waals surface area contributed by atoms with Gasteiger partial charge in [-0.25, -0.2) is 9.97 Å². The summed E-state index contributed by atoms with van der Waals surface area (Å²) < 4.78 is 1.72. The molecule has 0 unspecified atom stereocenters. The first-order valence-corrected chi connectivity index (χ1v) is 8.00. The molecule has 7 heteroatoms. The van der Waals surface area contributed by atoms with Crippen LogP contribution in [0.3, 0.4) is 0 Å². The summed E-state index contributed by atoms with van der Waals surface area (Å²) in [5.41, 5.74) is 10.6. The molecule has 3 heterocycles. The molecule has 0 saturated heterocycles. The zero-order valence-corrected chi connectivity index (χ0v) is 14.3. The Bertz CT molecular complexity index is 1180. The summed E-state index contributed by atoms with van der Waals surface area (Å²) in [5, 5.41) is 14.7. The summed E-state index contributed by atoms with van der Waals surface area (Å²) in [6.45, 7) is 1.90. The van der Waals surface area contributed by atoms with E-state index in [0.717, 1.165) is 27.7 Å². The molecule has 0 fully saturated rings. The minimum Gasteiger partial charge on any atom is -0.381 e. The van der Waals surface area contributed by atoms with E-state index in [0.29, 0.717) is 11.4 Å². The molecule has 0 aliphatic carbocycles. The van der Waals surface area contributed by atoms with Gasteiger partial charge in [0.1, 0.15) is 11.8 Å². The lowest BCUT2D eigenvalue weighted by Crippen LogP contribution is -2.03. The Morgan fingerprint density at radius 1 is 1.15 bits per heavy atom. The van der Waals surface area contributed by atoms with Crippen LogP contribution in [-0.2, 0) is 7.05 Å². The third-order valence-electron chi connectivity index (χ3n) is 4.17. The minimum atomic E-state index is 0.108. The number of aryl methyl sites for hydroxylation is 2. The normalized spacial score (nSPS) is 10.8. The molecule has 4 rings (SSSR count). The fourth-order valence-electron chi connectivity index (χ4n) is 2.97. The molecule has 2 N–H and O–H groups in total. The number of rotatable bonds is 2. The smallest absolute Gasteiger partial charge is 0.183 e. The number of anilines is 1. The van der Waals surface area contributed by atoms with E-state index in [1.165, 1.54) is 0 Å². The lowest BCUT2D eigenvalue weighted by molar-refractivity contribution is 0.756. The molecule has 7 nitrogen and oxygen atoms in total. The third kappa shape index (κ3) is 2.54. The van der Waals surface area contributed by atoms with Gasteiger partial charge >= 0.3 is 0 Å². The summed E-state index contributed by atoms with van der Waals surface area (Å²) in [7, 11) is 1.85. The number of nitrogens with zero attached hydrogens (tertiary/aromatic N) is 6. The van der Waals surface area contributed by atoms with Gasteiger partial charge in [0.2, 0.25) is 0 Å². The van der Waals surface area contributed by atoms with E-state index < -0.39 is 0 Å². The zero-order valence-electron chi connectivity index (χ0n) is 14.3. The van der Waals surface area contributed by atoms with E-state index >= 15 is 0 Å². The van der Waals surface area contributed by atoms with Crippen molar-refractivity contribution >= 4 is 16.7 Å². The average Bonchev–Trinajstić information content (AvgIpc) is 2.99. The van der Waals surface area contributed by atoms with Crippen LogP contribution in [0, 0.1) is 18.3 Å². The van der Waals surface area contributed by atoms with Crippen LogP contribution >= 0.6 is 0 Å². The number of hydrogen-bond acceptors (Lipinski definition) is 6. The predicted molar refractivity (Wildman–Crippen MR) is 98.8 cm³/mol. The van der Waals surface area contributed by atoms with Crippen LogP contribution in [0.15, 0.2) is 42.7 Å². The standard InChI is InChI=1S/C19H15N7/c1-11-14(10-26(2)25-11)18-17(23-16(9-20)19(21)24-18)13-5-6-15-12(8-13)4-3-7-22-15/h3-8,10H,1-2H3,(H2,21,24). The highest BCUT2D eigenvalue weighted by atomic mass is 15.2. The SMILES string of the molecule is Cc1nn(C)cc1-c1nc(N)c(C#N)nc1-c1ccc2ncccc2c1. The highest BCUT2D eigenvalue weighted by Gasteiger charge is 2.19. The molecule has 3 aromatic heterocycles. The second-order valence-electron chi connectivity index (χ2n) is 5.98. The van der Waals surface area contributed by atoms with Crippen LogP contribution in [0.2, 0.25) is 0 Å². The predicted octanol–water partition coefficient (Wildman–Crippen LogP) is 2.85. The molecule has 1 aromatic carbocycles. The number of aromatic nitrogens is 5. The van der Waals surface area contributed by atoms with Gasteiger partial charge in [0.15, 0.2) is 11.5 Å². The van der Waals surface area contributed by atoms with Crippen molar-refractivity contribution in [2.45, 2.75) is 6.92 Å². The van der Waals surface area contributed by atoms with Gasteiger partial charge in [0, 0.05) is 36.0 Å². The summed E-state index contributed by atoms with van der Waals surface area (Å²) >= 11 is 0. The van der Waals surface area contributed by atoms with Crippen LogP contribution in [0.1, 0.15) is 11.4 Å². The molecule has 26 heavy (non-hydrogen) atoms. The summed E-state index contributed by atoms with van der Waals surface area (Å²) in [5.74, 6) is 0.108. The molecule has 126 valence electrons. The molecule has 0 aliphatic rings. The van der Waals surface area contributed by atoms with Crippen LogP contribution in [-0.4, -0.2) is 24.7 Å². The van der Waals surface area contributed by atoms with Crippen LogP contribution in [0.5, 0.6) is 0 Å². The Morgan fingerprint density at radius 3 is 2.73 bits per heavy atom. The Hall–Kier alpha value is -3.79. The van der Waals surface area contributed by atoms with E-state index in [1.54, 1.807) is 10.9 Å². The molecule has 0 aliphatic heterocycles. The van der Waals surface area contributed by atoms with E-state index in [-0.39, 0.29) is 11.5 Å². The van der Waals surface area contributed by atoms with Gasteiger partial charge in [-0.2, -0.15) is 10.4 Å². The first-order valence-electron chi connectivity index (χ1n) is 8.00. The van der Waals surface area contributed by atoms with Gasteiger partial charge in [0.25, 0.3) is 0 Å². The minimum absolute atomic E-state index is 0.108. The van der Waals surface area contributed by atoms with Crippen molar-refractivity contribution in [2.75, 3.05) is 5.73 Å². The molecular formula is C19H15N7. The first kappa shape index (κ1) is 15.7. The van der Waals surface area contributed by atoms with E-state index in [9.17, 15) is 5.26 Å². The van der Waals surface area contributed by atoms with E-state index in [2.05, 4.69) is 20.1 Å². The lowest BCUT2D eigenvalue weighted by Gasteiger charge is -2.10. The summed E-state index contributed by atoms with van der Waals surface area (Å²) in [4.78, 5) is 13.3. The second-order valence-corrected chi connectivity index (χ2v) is 5.98. The second kappa shape index (κ2) is 5.93. The van der Waals surface area contributed by atoms with E-state index in [4.69, 9.17) is 5.73 Å².